The Bertz CT molecular complexity index is 842. The highest BCUT2D eigenvalue weighted by atomic mass is 35.5. The molecule has 4 nitrogen and oxygen atoms in total. The molecule has 156 valence electrons. The number of nitrogens with one attached hydrogen (secondary N) is 2. The zero-order chi connectivity index (χ0) is 19.6. The highest BCUT2D eigenvalue weighted by Gasteiger charge is 2.57. The Hall–Kier alpha value is -2.18. The van der Waals surface area contributed by atoms with E-state index < -0.39 is 6.61 Å². The molecule has 1 aliphatic heterocycles. The largest absolute Gasteiger partial charge is 0.435 e. The summed E-state index contributed by atoms with van der Waals surface area (Å²) in [7, 11) is 0. The Kier molecular flexibility index (Phi) is 6.75. The molecule has 7 heteroatoms. The molecule has 0 bridgehead atoms. The fourth-order valence-corrected chi connectivity index (χ4v) is 4.25. The molecule has 1 unspecified atom stereocenters. The Labute approximate surface area is 175 Å². The summed E-state index contributed by atoms with van der Waals surface area (Å²) in [5.41, 5.74) is 2.38. The summed E-state index contributed by atoms with van der Waals surface area (Å²) < 4.78 is 30.2. The van der Waals surface area contributed by atoms with E-state index in [4.69, 9.17) is 0 Å². The number of piperidine rings is 1. The third-order valence-electron chi connectivity index (χ3n) is 5.89. The molecule has 1 saturated heterocycles. The van der Waals surface area contributed by atoms with E-state index in [0.717, 1.165) is 37.9 Å². The third kappa shape index (κ3) is 5.06. The minimum Gasteiger partial charge on any atom is -0.435 e. The highest BCUT2D eigenvalue weighted by Crippen LogP contribution is 2.58. The van der Waals surface area contributed by atoms with Gasteiger partial charge in [0, 0.05) is 23.6 Å². The highest BCUT2D eigenvalue weighted by molar-refractivity contribution is 5.95. The van der Waals surface area contributed by atoms with Gasteiger partial charge in [0.25, 0.3) is 0 Å². The molecule has 2 aromatic carbocycles. The van der Waals surface area contributed by atoms with Crippen molar-refractivity contribution in [3.8, 4) is 5.75 Å². The van der Waals surface area contributed by atoms with E-state index in [1.807, 2.05) is 30.3 Å². The summed E-state index contributed by atoms with van der Waals surface area (Å²) in [4.78, 5) is 12.7. The molecule has 0 radical (unpaired) electrons. The average molecular weight is 423 g/mol. The maximum atomic E-state index is 12.8. The van der Waals surface area contributed by atoms with Crippen molar-refractivity contribution < 1.29 is 18.3 Å². The second kappa shape index (κ2) is 9.09. The number of carbonyl (C=O) groups excluding carboxylic acids is 1. The normalized spacial score (nSPS) is 19.5. The molecule has 1 amide bonds. The van der Waals surface area contributed by atoms with Crippen LogP contribution in [0.3, 0.4) is 0 Å². The van der Waals surface area contributed by atoms with Gasteiger partial charge in [0.1, 0.15) is 5.75 Å². The molecule has 4 rings (SSSR count). The van der Waals surface area contributed by atoms with Gasteiger partial charge in [-0.1, -0.05) is 30.3 Å². The number of alkyl halides is 2. The molecular weight excluding hydrogens is 398 g/mol. The molecule has 1 atom stereocenters. The van der Waals surface area contributed by atoms with Crippen LogP contribution < -0.4 is 15.4 Å². The number of halogens is 3. The fraction of sp³-hybridized carbons (Fsp3) is 0.409. The lowest BCUT2D eigenvalue weighted by Gasteiger charge is -2.23. The van der Waals surface area contributed by atoms with Gasteiger partial charge in [-0.05, 0) is 61.5 Å². The summed E-state index contributed by atoms with van der Waals surface area (Å²) in [5, 5.41) is 6.31. The topological polar surface area (TPSA) is 50.4 Å². The average Bonchev–Trinajstić information content (AvgIpc) is 3.38. The standard InChI is InChI=1S/C22H24F2N2O2.ClH/c23-21(24)28-19-7-6-17(13-16(19)12-15-4-2-1-3-5-15)26-20(27)18-14-22(18)8-10-25-11-9-22;/h1-7,13,18,21,25H,8-12,14H2,(H,26,27);1H. The van der Waals surface area contributed by atoms with Crippen molar-refractivity contribution in [3.05, 3.63) is 59.7 Å². The van der Waals surface area contributed by atoms with E-state index in [1.165, 1.54) is 6.07 Å². The van der Waals surface area contributed by atoms with Crippen LogP contribution in [0.2, 0.25) is 0 Å². The Morgan fingerprint density at radius 3 is 2.59 bits per heavy atom. The van der Waals surface area contributed by atoms with Crippen LogP contribution in [0.5, 0.6) is 5.75 Å². The van der Waals surface area contributed by atoms with Crippen LogP contribution in [0, 0.1) is 11.3 Å². The number of ether oxygens (including phenoxy) is 1. The van der Waals surface area contributed by atoms with E-state index in [9.17, 15) is 13.6 Å². The van der Waals surface area contributed by atoms with Crippen LogP contribution in [-0.4, -0.2) is 25.6 Å². The zero-order valence-corrected chi connectivity index (χ0v) is 16.8. The van der Waals surface area contributed by atoms with Gasteiger partial charge in [0.15, 0.2) is 0 Å². The minimum atomic E-state index is -2.89. The zero-order valence-electron chi connectivity index (χ0n) is 16.0. The lowest BCUT2D eigenvalue weighted by Crippen LogP contribution is -2.31. The maximum Gasteiger partial charge on any atom is 0.387 e. The minimum absolute atomic E-state index is 0. The van der Waals surface area contributed by atoms with Gasteiger partial charge < -0.3 is 15.4 Å². The Morgan fingerprint density at radius 1 is 1.17 bits per heavy atom. The third-order valence-corrected chi connectivity index (χ3v) is 5.89. The van der Waals surface area contributed by atoms with Crippen molar-refractivity contribution in [3.63, 3.8) is 0 Å². The summed E-state index contributed by atoms with van der Waals surface area (Å²) in [6.07, 6.45) is 3.45. The van der Waals surface area contributed by atoms with Crippen molar-refractivity contribution >= 4 is 24.0 Å². The van der Waals surface area contributed by atoms with E-state index >= 15 is 0 Å². The number of anilines is 1. The van der Waals surface area contributed by atoms with Gasteiger partial charge in [0.05, 0.1) is 0 Å². The number of amides is 1. The lowest BCUT2D eigenvalue weighted by atomic mass is 9.91. The SMILES string of the molecule is Cl.O=C(Nc1ccc(OC(F)F)c(Cc2ccccc2)c1)C1CC12CCNCC2. The first-order valence-electron chi connectivity index (χ1n) is 9.69. The van der Waals surface area contributed by atoms with Gasteiger partial charge in [-0.15, -0.1) is 12.4 Å². The van der Waals surface area contributed by atoms with Gasteiger partial charge in [-0.25, -0.2) is 0 Å². The second-order valence-electron chi connectivity index (χ2n) is 7.72. The van der Waals surface area contributed by atoms with E-state index in [-0.39, 0.29) is 35.4 Å². The molecule has 2 fully saturated rings. The number of hydrogen-bond donors (Lipinski definition) is 2. The quantitative estimate of drug-likeness (QED) is 0.713. The summed E-state index contributed by atoms with van der Waals surface area (Å²) >= 11 is 0. The smallest absolute Gasteiger partial charge is 0.387 e. The Morgan fingerprint density at radius 2 is 1.90 bits per heavy atom. The lowest BCUT2D eigenvalue weighted by molar-refractivity contribution is -0.118. The van der Waals surface area contributed by atoms with Crippen molar-refractivity contribution in [1.82, 2.24) is 5.32 Å². The van der Waals surface area contributed by atoms with Crippen LogP contribution in [0.4, 0.5) is 14.5 Å². The fourth-order valence-electron chi connectivity index (χ4n) is 4.25. The van der Waals surface area contributed by atoms with Gasteiger partial charge in [-0.3, -0.25) is 4.79 Å². The number of carbonyl (C=O) groups is 1. The molecule has 1 heterocycles. The monoisotopic (exact) mass is 422 g/mol. The molecule has 2 aromatic rings. The van der Waals surface area contributed by atoms with Crippen LogP contribution >= 0.6 is 12.4 Å². The Balaban J connectivity index is 0.00000240. The van der Waals surface area contributed by atoms with Crippen molar-refractivity contribution in [2.24, 2.45) is 11.3 Å². The molecule has 0 aromatic heterocycles. The van der Waals surface area contributed by atoms with Gasteiger partial charge in [0.2, 0.25) is 5.91 Å². The van der Waals surface area contributed by atoms with E-state index in [1.54, 1.807) is 12.1 Å². The molecule has 1 aliphatic carbocycles. The number of rotatable bonds is 6. The van der Waals surface area contributed by atoms with Gasteiger partial charge >= 0.3 is 6.61 Å². The maximum absolute atomic E-state index is 12.8. The first kappa shape index (κ1) is 21.5. The summed E-state index contributed by atoms with van der Waals surface area (Å²) in [6, 6.07) is 14.4. The molecular formula is C22H25ClF2N2O2. The van der Waals surface area contributed by atoms with Crippen molar-refractivity contribution in [2.45, 2.75) is 32.3 Å². The van der Waals surface area contributed by atoms with Crippen LogP contribution in [-0.2, 0) is 11.2 Å². The molecule has 29 heavy (non-hydrogen) atoms. The summed E-state index contributed by atoms with van der Waals surface area (Å²) in [6.45, 7) is -0.962. The number of hydrogen-bond acceptors (Lipinski definition) is 3. The van der Waals surface area contributed by atoms with Crippen LogP contribution in [0.25, 0.3) is 0 Å². The summed E-state index contributed by atoms with van der Waals surface area (Å²) in [5.74, 6) is 0.206. The predicted octanol–water partition coefficient (Wildman–Crippen LogP) is 4.63. The van der Waals surface area contributed by atoms with E-state index in [2.05, 4.69) is 15.4 Å². The first-order valence-corrected chi connectivity index (χ1v) is 9.69. The molecule has 1 spiro atoms. The first-order chi connectivity index (χ1) is 13.6. The molecule has 2 N–H and O–H groups in total. The number of benzene rings is 2. The van der Waals surface area contributed by atoms with E-state index in [0.29, 0.717) is 17.7 Å². The predicted molar refractivity (Wildman–Crippen MR) is 111 cm³/mol. The molecule has 2 aliphatic rings. The van der Waals surface area contributed by atoms with Crippen LogP contribution in [0.1, 0.15) is 30.4 Å². The van der Waals surface area contributed by atoms with Crippen molar-refractivity contribution in [1.29, 1.82) is 0 Å². The van der Waals surface area contributed by atoms with Crippen LogP contribution in [0.15, 0.2) is 48.5 Å². The molecule has 1 saturated carbocycles. The van der Waals surface area contributed by atoms with Crippen molar-refractivity contribution in [2.75, 3.05) is 18.4 Å². The second-order valence-corrected chi connectivity index (χ2v) is 7.72. The van der Waals surface area contributed by atoms with Gasteiger partial charge in [-0.2, -0.15) is 8.78 Å².